The molecule has 12 heavy (non-hydrogen) atoms. The van der Waals surface area contributed by atoms with Gasteiger partial charge in [-0.15, -0.1) is 6.42 Å². The zero-order valence-corrected chi connectivity index (χ0v) is 7.07. The Labute approximate surface area is 72.0 Å². The van der Waals surface area contributed by atoms with Gasteiger partial charge in [-0.3, -0.25) is 4.68 Å². The molecule has 0 aliphatic rings. The largest absolute Gasteiger partial charge is 0.376 e. The minimum atomic E-state index is -0.824. The van der Waals surface area contributed by atoms with E-state index in [-0.39, 0.29) is 0 Å². The van der Waals surface area contributed by atoms with Gasteiger partial charge in [0.05, 0.1) is 6.20 Å². The van der Waals surface area contributed by atoms with Crippen LogP contribution in [-0.4, -0.2) is 14.9 Å². The number of terminal acetylenes is 1. The maximum absolute atomic E-state index is 9.22. The Balaban J connectivity index is 2.71. The van der Waals surface area contributed by atoms with Gasteiger partial charge in [0.25, 0.3) is 0 Å². The predicted octanol–water partition coefficient (Wildman–Crippen LogP) is 0.960. The topological polar surface area (TPSA) is 38.1 Å². The third kappa shape index (κ3) is 1.86. The Morgan fingerprint density at radius 2 is 2.58 bits per heavy atom. The van der Waals surface area contributed by atoms with Crippen LogP contribution in [0.5, 0.6) is 0 Å². The van der Waals surface area contributed by atoms with Crippen molar-refractivity contribution < 1.29 is 5.11 Å². The van der Waals surface area contributed by atoms with Gasteiger partial charge in [0, 0.05) is 18.3 Å². The predicted molar refractivity (Wildman–Crippen MR) is 46.3 cm³/mol. The summed E-state index contributed by atoms with van der Waals surface area (Å²) in [6.07, 6.45) is 8.62. The van der Waals surface area contributed by atoms with E-state index in [1.54, 1.807) is 17.1 Å². The van der Waals surface area contributed by atoms with Crippen molar-refractivity contribution in [2.75, 3.05) is 0 Å². The summed E-state index contributed by atoms with van der Waals surface area (Å²) in [4.78, 5) is 0. The number of hydrogen-bond acceptors (Lipinski definition) is 2. The van der Waals surface area contributed by atoms with Gasteiger partial charge in [0.15, 0.2) is 0 Å². The molecule has 0 saturated carbocycles. The Hall–Kier alpha value is -1.27. The van der Waals surface area contributed by atoms with Gasteiger partial charge < -0.3 is 5.11 Å². The molecule has 64 valence electrons. The van der Waals surface area contributed by atoms with E-state index in [1.165, 1.54) is 0 Å². The summed E-state index contributed by atoms with van der Waals surface area (Å²) >= 11 is 0. The first-order valence-corrected chi connectivity index (χ1v) is 3.94. The van der Waals surface area contributed by atoms with Gasteiger partial charge >= 0.3 is 0 Å². The number of aliphatic hydroxyl groups excluding tert-OH is 1. The van der Waals surface area contributed by atoms with Crippen molar-refractivity contribution in [3.63, 3.8) is 0 Å². The zero-order chi connectivity index (χ0) is 8.97. The lowest BCUT2D eigenvalue weighted by Gasteiger charge is -1.97. The Morgan fingerprint density at radius 3 is 3.17 bits per heavy atom. The number of aliphatic hydroxyl groups is 1. The number of hydrogen-bond donors (Lipinski definition) is 1. The molecule has 0 amide bonds. The highest BCUT2D eigenvalue weighted by Crippen LogP contribution is 2.09. The van der Waals surface area contributed by atoms with Crippen LogP contribution in [-0.2, 0) is 6.54 Å². The first-order valence-electron chi connectivity index (χ1n) is 3.94. The molecule has 1 atom stereocenters. The summed E-state index contributed by atoms with van der Waals surface area (Å²) in [5, 5.41) is 13.3. The third-order valence-electron chi connectivity index (χ3n) is 1.58. The summed E-state index contributed by atoms with van der Waals surface area (Å²) in [5.74, 6) is 2.24. The molecule has 0 aliphatic heterocycles. The van der Waals surface area contributed by atoms with Crippen LogP contribution in [0.15, 0.2) is 12.4 Å². The molecule has 3 nitrogen and oxygen atoms in total. The van der Waals surface area contributed by atoms with Crippen molar-refractivity contribution in [3.8, 4) is 12.3 Å². The van der Waals surface area contributed by atoms with E-state index in [2.05, 4.69) is 17.9 Å². The van der Waals surface area contributed by atoms with E-state index < -0.39 is 6.10 Å². The summed E-state index contributed by atoms with van der Waals surface area (Å²) in [7, 11) is 0. The fourth-order valence-electron chi connectivity index (χ4n) is 0.968. The molecule has 0 radical (unpaired) electrons. The average molecular weight is 164 g/mol. The molecule has 0 saturated heterocycles. The normalized spacial score (nSPS) is 12.4. The summed E-state index contributed by atoms with van der Waals surface area (Å²) in [6.45, 7) is 2.93. The standard InChI is InChI=1S/C9H12N2O/c1-3-5-11-7-8(6-10-11)9(12)4-2/h2,6-7,9,12H,3,5H2,1H3. The van der Waals surface area contributed by atoms with Crippen LogP contribution in [0.25, 0.3) is 0 Å². The number of aromatic nitrogens is 2. The fourth-order valence-corrected chi connectivity index (χ4v) is 0.968. The van der Waals surface area contributed by atoms with E-state index >= 15 is 0 Å². The molecule has 0 aromatic carbocycles. The molecule has 0 fully saturated rings. The lowest BCUT2D eigenvalue weighted by molar-refractivity contribution is 0.238. The average Bonchev–Trinajstić information content (AvgIpc) is 2.52. The van der Waals surface area contributed by atoms with E-state index in [9.17, 15) is 5.11 Å². The van der Waals surface area contributed by atoms with Crippen molar-refractivity contribution >= 4 is 0 Å². The van der Waals surface area contributed by atoms with E-state index in [1.807, 2.05) is 0 Å². The second kappa shape index (κ2) is 3.93. The molecule has 1 rings (SSSR count). The van der Waals surface area contributed by atoms with Gasteiger partial charge in [0.2, 0.25) is 0 Å². The van der Waals surface area contributed by atoms with Crippen LogP contribution in [0.3, 0.4) is 0 Å². The maximum atomic E-state index is 9.22. The first-order chi connectivity index (χ1) is 5.77. The third-order valence-corrected chi connectivity index (χ3v) is 1.58. The van der Waals surface area contributed by atoms with Crippen LogP contribution in [0, 0.1) is 12.3 Å². The van der Waals surface area contributed by atoms with E-state index in [0.717, 1.165) is 13.0 Å². The van der Waals surface area contributed by atoms with Crippen LogP contribution >= 0.6 is 0 Å². The minimum absolute atomic E-state index is 0.686. The SMILES string of the molecule is C#CC(O)c1cnn(CCC)c1. The molecule has 1 heterocycles. The Morgan fingerprint density at radius 1 is 1.83 bits per heavy atom. The number of aryl methyl sites for hydroxylation is 1. The molecule has 1 aromatic rings. The summed E-state index contributed by atoms with van der Waals surface area (Å²) < 4.78 is 1.77. The van der Waals surface area contributed by atoms with Gasteiger partial charge in [0.1, 0.15) is 6.10 Å². The highest BCUT2D eigenvalue weighted by Gasteiger charge is 2.05. The zero-order valence-electron chi connectivity index (χ0n) is 7.07. The van der Waals surface area contributed by atoms with Gasteiger partial charge in [-0.25, -0.2) is 0 Å². The molecule has 0 aliphatic carbocycles. The highest BCUT2D eigenvalue weighted by atomic mass is 16.3. The van der Waals surface area contributed by atoms with Crippen LogP contribution in [0.1, 0.15) is 25.0 Å². The molecule has 1 N–H and O–H groups in total. The van der Waals surface area contributed by atoms with Crippen molar-refractivity contribution in [1.29, 1.82) is 0 Å². The molecule has 1 unspecified atom stereocenters. The molecule has 0 spiro atoms. The monoisotopic (exact) mass is 164 g/mol. The smallest absolute Gasteiger partial charge is 0.143 e. The quantitative estimate of drug-likeness (QED) is 0.676. The molecule has 1 aromatic heterocycles. The number of nitrogens with zero attached hydrogens (tertiary/aromatic N) is 2. The second-order valence-corrected chi connectivity index (χ2v) is 2.61. The van der Waals surface area contributed by atoms with Crippen molar-refractivity contribution in [2.24, 2.45) is 0 Å². The van der Waals surface area contributed by atoms with E-state index in [4.69, 9.17) is 6.42 Å². The Kier molecular flexibility index (Phi) is 2.89. The molecule has 0 bridgehead atoms. The molecular formula is C9H12N2O. The van der Waals surface area contributed by atoms with Crippen molar-refractivity contribution in [2.45, 2.75) is 26.0 Å². The second-order valence-electron chi connectivity index (χ2n) is 2.61. The maximum Gasteiger partial charge on any atom is 0.143 e. The van der Waals surface area contributed by atoms with Crippen LogP contribution in [0.2, 0.25) is 0 Å². The van der Waals surface area contributed by atoms with E-state index in [0.29, 0.717) is 5.56 Å². The lowest BCUT2D eigenvalue weighted by atomic mass is 10.2. The van der Waals surface area contributed by atoms with Gasteiger partial charge in [-0.05, 0) is 6.42 Å². The van der Waals surface area contributed by atoms with Crippen LogP contribution < -0.4 is 0 Å². The number of rotatable bonds is 3. The summed E-state index contributed by atoms with van der Waals surface area (Å²) in [6, 6.07) is 0. The first kappa shape index (κ1) is 8.82. The van der Waals surface area contributed by atoms with Crippen molar-refractivity contribution in [1.82, 2.24) is 9.78 Å². The van der Waals surface area contributed by atoms with Gasteiger partial charge in [-0.1, -0.05) is 12.8 Å². The molecular weight excluding hydrogens is 152 g/mol. The highest BCUT2D eigenvalue weighted by molar-refractivity contribution is 5.16. The van der Waals surface area contributed by atoms with Gasteiger partial charge in [-0.2, -0.15) is 5.10 Å². The molecule has 3 heteroatoms. The Bertz CT molecular complexity index is 285. The van der Waals surface area contributed by atoms with Crippen molar-refractivity contribution in [3.05, 3.63) is 18.0 Å². The lowest BCUT2D eigenvalue weighted by Crippen LogP contribution is -1.96. The fraction of sp³-hybridized carbons (Fsp3) is 0.444. The minimum Gasteiger partial charge on any atom is -0.376 e. The summed E-state index contributed by atoms with van der Waals surface area (Å²) in [5.41, 5.74) is 0.686. The van der Waals surface area contributed by atoms with Crippen LogP contribution in [0.4, 0.5) is 0 Å².